The number of hydrogen-bond acceptors (Lipinski definition) is 4. The molecule has 0 N–H and O–H groups in total. The molecule has 0 aromatic heterocycles. The zero-order chi connectivity index (χ0) is 15.0. The van der Waals surface area contributed by atoms with Crippen LogP contribution in [0.2, 0.25) is 0 Å². The lowest BCUT2D eigenvalue weighted by atomic mass is 9.99. The van der Waals surface area contributed by atoms with E-state index in [1.165, 1.54) is 0 Å². The Balaban J connectivity index is 2.66. The molecule has 1 aliphatic rings. The molecule has 0 bridgehead atoms. The molecule has 2 unspecified atom stereocenters. The Labute approximate surface area is 121 Å². The lowest BCUT2D eigenvalue weighted by Crippen LogP contribution is -2.30. The SMILES string of the molecule is C=CN1CCCC1C(=C=O)OC(=O)C(CC)CCCC. The van der Waals surface area contributed by atoms with E-state index in [2.05, 4.69) is 13.5 Å². The van der Waals surface area contributed by atoms with Gasteiger partial charge in [-0.05, 0) is 31.9 Å². The van der Waals surface area contributed by atoms with Crippen LogP contribution in [0.25, 0.3) is 0 Å². The fourth-order valence-corrected chi connectivity index (χ4v) is 2.58. The zero-order valence-corrected chi connectivity index (χ0v) is 12.6. The van der Waals surface area contributed by atoms with Crippen molar-refractivity contribution in [3.8, 4) is 0 Å². The quantitative estimate of drug-likeness (QED) is 0.389. The van der Waals surface area contributed by atoms with Gasteiger partial charge >= 0.3 is 5.97 Å². The van der Waals surface area contributed by atoms with Gasteiger partial charge in [0.25, 0.3) is 0 Å². The van der Waals surface area contributed by atoms with E-state index in [1.807, 2.05) is 17.8 Å². The summed E-state index contributed by atoms with van der Waals surface area (Å²) in [6.07, 6.45) is 7.05. The van der Waals surface area contributed by atoms with Crippen LogP contribution in [-0.4, -0.2) is 29.4 Å². The minimum atomic E-state index is -0.296. The number of carbonyl (C=O) groups is 1. The molecule has 0 aromatic carbocycles. The number of carbonyl (C=O) groups excluding carboxylic acids is 2. The summed E-state index contributed by atoms with van der Waals surface area (Å²) in [5.74, 6) is 1.50. The Morgan fingerprint density at radius 1 is 1.55 bits per heavy atom. The van der Waals surface area contributed by atoms with Crippen LogP contribution < -0.4 is 0 Å². The summed E-state index contributed by atoms with van der Waals surface area (Å²) in [4.78, 5) is 25.2. The standard InChI is InChI=1S/C16H25NO3/c1-4-7-9-13(5-2)16(19)20-15(12-18)14-10-8-11-17(14)6-3/h6,13-14H,3-5,7-11H2,1-2H3. The molecular formula is C16H25NO3. The van der Waals surface area contributed by atoms with Crippen molar-refractivity contribution in [1.29, 1.82) is 0 Å². The smallest absolute Gasteiger partial charge is 0.314 e. The number of hydrogen-bond donors (Lipinski definition) is 0. The lowest BCUT2D eigenvalue weighted by molar-refractivity contribution is -0.145. The van der Waals surface area contributed by atoms with Gasteiger partial charge in [-0.25, -0.2) is 4.79 Å². The van der Waals surface area contributed by atoms with Gasteiger partial charge in [-0.15, -0.1) is 0 Å². The third-order valence-electron chi connectivity index (χ3n) is 3.87. The largest absolute Gasteiger partial charge is 0.417 e. The zero-order valence-electron chi connectivity index (χ0n) is 12.6. The summed E-state index contributed by atoms with van der Waals surface area (Å²) in [5, 5.41) is 0. The fourth-order valence-electron chi connectivity index (χ4n) is 2.58. The maximum atomic E-state index is 12.1. The summed E-state index contributed by atoms with van der Waals surface area (Å²) in [6.45, 7) is 8.62. The number of esters is 1. The van der Waals surface area contributed by atoms with Gasteiger partial charge in [0.15, 0.2) is 5.94 Å². The number of nitrogens with zero attached hydrogens (tertiary/aromatic N) is 1. The van der Waals surface area contributed by atoms with Gasteiger partial charge < -0.3 is 9.64 Å². The summed E-state index contributed by atoms with van der Waals surface area (Å²) < 4.78 is 5.33. The van der Waals surface area contributed by atoms with Gasteiger partial charge in [-0.2, -0.15) is 0 Å². The first-order chi connectivity index (χ1) is 9.67. The van der Waals surface area contributed by atoms with Gasteiger partial charge in [0.2, 0.25) is 5.76 Å². The highest BCUT2D eigenvalue weighted by Gasteiger charge is 2.30. The molecule has 0 spiro atoms. The minimum Gasteiger partial charge on any atom is -0.417 e. The first-order valence-electron chi connectivity index (χ1n) is 7.52. The molecule has 1 saturated heterocycles. The summed E-state index contributed by atoms with van der Waals surface area (Å²) in [5.41, 5.74) is 0. The summed E-state index contributed by atoms with van der Waals surface area (Å²) in [6, 6.07) is -0.183. The van der Waals surface area contributed by atoms with E-state index in [4.69, 9.17) is 4.74 Å². The Hall–Kier alpha value is -1.54. The molecule has 20 heavy (non-hydrogen) atoms. The summed E-state index contributed by atoms with van der Waals surface area (Å²) >= 11 is 0. The summed E-state index contributed by atoms with van der Waals surface area (Å²) in [7, 11) is 0. The van der Waals surface area contributed by atoms with Crippen LogP contribution in [0.5, 0.6) is 0 Å². The molecule has 0 amide bonds. The van der Waals surface area contributed by atoms with Crippen LogP contribution >= 0.6 is 0 Å². The van der Waals surface area contributed by atoms with Crippen LogP contribution in [0, 0.1) is 5.92 Å². The van der Waals surface area contributed by atoms with Crippen LogP contribution in [0.1, 0.15) is 52.4 Å². The van der Waals surface area contributed by atoms with Gasteiger partial charge in [-0.3, -0.25) is 4.79 Å². The second-order valence-electron chi connectivity index (χ2n) is 5.21. The molecule has 1 aliphatic heterocycles. The molecule has 0 saturated carbocycles. The van der Waals surface area contributed by atoms with Gasteiger partial charge in [0.05, 0.1) is 12.0 Å². The fraction of sp³-hybridized carbons (Fsp3) is 0.688. The Bertz CT molecular complexity index is 385. The number of unbranched alkanes of at least 4 members (excludes halogenated alkanes) is 1. The van der Waals surface area contributed by atoms with E-state index in [0.29, 0.717) is 0 Å². The van der Waals surface area contributed by atoms with Gasteiger partial charge in [-0.1, -0.05) is 33.3 Å². The maximum absolute atomic E-state index is 12.1. The number of ether oxygens (including phenoxy) is 1. The van der Waals surface area contributed by atoms with Crippen LogP contribution in [0.4, 0.5) is 0 Å². The van der Waals surface area contributed by atoms with E-state index < -0.39 is 0 Å². The Morgan fingerprint density at radius 2 is 2.30 bits per heavy atom. The molecule has 0 aliphatic carbocycles. The van der Waals surface area contributed by atoms with Crippen molar-refractivity contribution in [1.82, 2.24) is 4.90 Å². The molecule has 2 atom stereocenters. The molecule has 0 aromatic rings. The second-order valence-corrected chi connectivity index (χ2v) is 5.21. The second kappa shape index (κ2) is 8.60. The molecule has 1 fully saturated rings. The topological polar surface area (TPSA) is 46.6 Å². The van der Waals surface area contributed by atoms with Crippen LogP contribution in [0.3, 0.4) is 0 Å². The number of likely N-dealkylation sites (tertiary alicyclic amines) is 1. The van der Waals surface area contributed by atoms with Gasteiger partial charge in [0.1, 0.15) is 0 Å². The molecule has 4 heteroatoms. The Morgan fingerprint density at radius 3 is 2.85 bits per heavy atom. The first-order valence-corrected chi connectivity index (χ1v) is 7.52. The monoisotopic (exact) mass is 279 g/mol. The predicted octanol–water partition coefficient (Wildman–Crippen LogP) is 3.07. The molecule has 1 heterocycles. The third-order valence-corrected chi connectivity index (χ3v) is 3.87. The van der Waals surface area contributed by atoms with Crippen molar-refractivity contribution in [2.45, 2.75) is 58.4 Å². The maximum Gasteiger partial charge on any atom is 0.314 e. The van der Waals surface area contributed by atoms with Crippen molar-refractivity contribution in [2.24, 2.45) is 5.92 Å². The molecule has 4 nitrogen and oxygen atoms in total. The van der Waals surface area contributed by atoms with Crippen molar-refractivity contribution >= 4 is 11.9 Å². The van der Waals surface area contributed by atoms with Crippen LogP contribution in [-0.2, 0) is 14.3 Å². The molecule has 0 radical (unpaired) electrons. The van der Waals surface area contributed by atoms with Crippen molar-refractivity contribution in [2.75, 3.05) is 6.54 Å². The highest BCUT2D eigenvalue weighted by Crippen LogP contribution is 2.25. The first kappa shape index (κ1) is 16.5. The van der Waals surface area contributed by atoms with Gasteiger partial charge in [0, 0.05) is 6.54 Å². The highest BCUT2D eigenvalue weighted by molar-refractivity contribution is 5.75. The van der Waals surface area contributed by atoms with E-state index in [1.54, 1.807) is 6.20 Å². The lowest BCUT2D eigenvalue weighted by Gasteiger charge is -2.23. The Kier molecular flexibility index (Phi) is 7.10. The minimum absolute atomic E-state index is 0.113. The third kappa shape index (κ3) is 4.24. The highest BCUT2D eigenvalue weighted by atomic mass is 16.5. The average molecular weight is 279 g/mol. The normalized spacial score (nSPS) is 19.3. The van der Waals surface area contributed by atoms with Crippen molar-refractivity contribution in [3.05, 3.63) is 18.5 Å². The van der Waals surface area contributed by atoms with Crippen LogP contribution in [0.15, 0.2) is 18.5 Å². The van der Waals surface area contributed by atoms with E-state index >= 15 is 0 Å². The van der Waals surface area contributed by atoms with Crippen molar-refractivity contribution in [3.63, 3.8) is 0 Å². The predicted molar refractivity (Wildman–Crippen MR) is 78.5 cm³/mol. The molecule has 1 rings (SSSR count). The van der Waals surface area contributed by atoms with Crippen molar-refractivity contribution < 1.29 is 14.3 Å². The van der Waals surface area contributed by atoms with E-state index in [-0.39, 0.29) is 23.7 Å². The van der Waals surface area contributed by atoms with E-state index in [9.17, 15) is 9.59 Å². The average Bonchev–Trinajstić information content (AvgIpc) is 2.93. The number of rotatable bonds is 8. The van der Waals surface area contributed by atoms with E-state index in [0.717, 1.165) is 45.1 Å². The molecule has 112 valence electrons. The molecular weight excluding hydrogens is 254 g/mol.